The lowest BCUT2D eigenvalue weighted by Crippen LogP contribution is -2.58. The van der Waals surface area contributed by atoms with Gasteiger partial charge in [0.05, 0.1) is 12.3 Å². The Bertz CT molecular complexity index is 1200. The summed E-state index contributed by atoms with van der Waals surface area (Å²) in [6.07, 6.45) is 3.75. The van der Waals surface area contributed by atoms with Gasteiger partial charge in [0.25, 0.3) is 5.91 Å². The topological polar surface area (TPSA) is 104 Å². The van der Waals surface area contributed by atoms with Crippen molar-refractivity contribution in [3.05, 3.63) is 69.2 Å². The van der Waals surface area contributed by atoms with Gasteiger partial charge in [0.1, 0.15) is 5.92 Å². The number of nitrogens with one attached hydrogen (secondary N) is 1. The van der Waals surface area contributed by atoms with Gasteiger partial charge in [-0.25, -0.2) is 13.1 Å². The van der Waals surface area contributed by atoms with Crippen molar-refractivity contribution in [2.24, 2.45) is 0 Å². The average Bonchev–Trinajstić information content (AvgIpc) is 2.73. The van der Waals surface area contributed by atoms with Crippen LogP contribution in [0.5, 0.6) is 0 Å². The molecule has 1 fully saturated rings. The largest absolute Gasteiger partial charge is 0.481 e. The lowest BCUT2D eigenvalue weighted by molar-refractivity contribution is -0.141. The van der Waals surface area contributed by atoms with Crippen LogP contribution in [0, 0.1) is 0 Å². The van der Waals surface area contributed by atoms with E-state index in [0.29, 0.717) is 34.6 Å². The molecule has 0 radical (unpaired) electrons. The van der Waals surface area contributed by atoms with Crippen LogP contribution in [0.1, 0.15) is 59.1 Å². The molecule has 1 aliphatic carbocycles. The highest BCUT2D eigenvalue weighted by atomic mass is 35.5. The molecule has 2 aromatic rings. The molecule has 0 aromatic heterocycles. The zero-order valence-electron chi connectivity index (χ0n) is 17.9. The summed E-state index contributed by atoms with van der Waals surface area (Å²) >= 11 is 12.6. The van der Waals surface area contributed by atoms with E-state index in [4.69, 9.17) is 23.2 Å². The maximum absolute atomic E-state index is 13.8. The molecule has 10 heteroatoms. The molecule has 2 aromatic carbocycles. The molecule has 2 N–H and O–H groups in total. The zero-order chi connectivity index (χ0) is 23.9. The average molecular weight is 511 g/mol. The summed E-state index contributed by atoms with van der Waals surface area (Å²) in [7, 11) is -3.55. The molecule has 1 heterocycles. The first-order valence-corrected chi connectivity index (χ1v) is 13.3. The van der Waals surface area contributed by atoms with Crippen molar-refractivity contribution in [1.82, 2.24) is 9.62 Å². The molecule has 33 heavy (non-hydrogen) atoms. The van der Waals surface area contributed by atoms with E-state index in [9.17, 15) is 23.1 Å². The second kappa shape index (κ2) is 9.25. The van der Waals surface area contributed by atoms with Gasteiger partial charge in [-0.05, 0) is 42.2 Å². The van der Waals surface area contributed by atoms with Gasteiger partial charge < -0.3 is 10.0 Å². The van der Waals surface area contributed by atoms with Crippen molar-refractivity contribution in [1.29, 1.82) is 0 Å². The standard InChI is InChI=1S/C23H24Cl2N2O5S/c1-33(31,32)26-18-8-4-5-9-19(18)27-21(16-11-10-13(24)12-17(16)25)20(23(29)30)14-6-2-3-7-15(14)22(27)28/h2-3,6-7,10-12,18-21,26H,4-5,8-9H2,1H3,(H,29,30)/t18-,19-,20+,21-/m0/s1. The number of halogens is 2. The van der Waals surface area contributed by atoms with Crippen molar-refractivity contribution < 1.29 is 23.1 Å². The Balaban J connectivity index is 1.93. The minimum atomic E-state index is -3.55. The van der Waals surface area contributed by atoms with Crippen molar-refractivity contribution in [2.75, 3.05) is 6.26 Å². The van der Waals surface area contributed by atoms with E-state index in [-0.39, 0.29) is 10.9 Å². The number of benzene rings is 2. The number of fused-ring (bicyclic) bond motifs is 1. The molecule has 1 saturated carbocycles. The Hall–Kier alpha value is -2.13. The van der Waals surface area contributed by atoms with Crippen LogP contribution in [0.2, 0.25) is 10.0 Å². The number of amides is 1. The van der Waals surface area contributed by atoms with Gasteiger partial charge in [0.2, 0.25) is 10.0 Å². The van der Waals surface area contributed by atoms with E-state index in [1.165, 1.54) is 11.0 Å². The number of carbonyl (C=O) groups excluding carboxylic acids is 1. The summed E-state index contributed by atoms with van der Waals surface area (Å²) in [4.78, 5) is 28.0. The van der Waals surface area contributed by atoms with E-state index in [1.54, 1.807) is 36.4 Å². The fourth-order valence-electron chi connectivity index (χ4n) is 5.11. The molecule has 176 valence electrons. The molecule has 1 aliphatic heterocycles. The van der Waals surface area contributed by atoms with Crippen LogP contribution in [0.15, 0.2) is 42.5 Å². The highest BCUT2D eigenvalue weighted by molar-refractivity contribution is 7.88. The molecule has 0 saturated heterocycles. The number of rotatable bonds is 5. The number of carboxylic acids is 1. The van der Waals surface area contributed by atoms with Crippen LogP contribution in [0.3, 0.4) is 0 Å². The highest BCUT2D eigenvalue weighted by Gasteiger charge is 2.49. The van der Waals surface area contributed by atoms with Gasteiger partial charge in [-0.1, -0.05) is 60.3 Å². The quantitative estimate of drug-likeness (QED) is 0.626. The van der Waals surface area contributed by atoms with Gasteiger partial charge in [-0.3, -0.25) is 9.59 Å². The van der Waals surface area contributed by atoms with Gasteiger partial charge in [-0.2, -0.15) is 0 Å². The van der Waals surface area contributed by atoms with Gasteiger partial charge >= 0.3 is 5.97 Å². The number of nitrogens with zero attached hydrogens (tertiary/aromatic N) is 1. The molecular weight excluding hydrogens is 487 g/mol. The Morgan fingerprint density at radius 3 is 2.45 bits per heavy atom. The van der Waals surface area contributed by atoms with Gasteiger partial charge in [0.15, 0.2) is 0 Å². The van der Waals surface area contributed by atoms with Crippen molar-refractivity contribution in [3.63, 3.8) is 0 Å². The van der Waals surface area contributed by atoms with Crippen molar-refractivity contribution in [2.45, 2.75) is 49.7 Å². The van der Waals surface area contributed by atoms with E-state index in [0.717, 1.165) is 19.1 Å². The SMILES string of the molecule is CS(=O)(=O)N[C@H]1CCCC[C@@H]1N1C(=O)c2ccccc2[C@@H](C(=O)O)[C@@H]1c1ccc(Cl)cc1Cl. The third-order valence-electron chi connectivity index (χ3n) is 6.38. The van der Waals surface area contributed by atoms with Gasteiger partial charge in [-0.15, -0.1) is 0 Å². The predicted octanol–water partition coefficient (Wildman–Crippen LogP) is 4.22. The summed E-state index contributed by atoms with van der Waals surface area (Å²) in [5.74, 6) is -2.52. The minimum Gasteiger partial charge on any atom is -0.481 e. The van der Waals surface area contributed by atoms with Crippen LogP contribution in [0.25, 0.3) is 0 Å². The van der Waals surface area contributed by atoms with E-state index in [1.807, 2.05) is 0 Å². The molecular formula is C23H24Cl2N2O5S. The van der Waals surface area contributed by atoms with E-state index in [2.05, 4.69) is 4.72 Å². The summed E-state index contributed by atoms with van der Waals surface area (Å²) in [6.45, 7) is 0. The molecule has 2 aliphatic rings. The van der Waals surface area contributed by atoms with E-state index >= 15 is 0 Å². The van der Waals surface area contributed by atoms with Crippen LogP contribution < -0.4 is 4.72 Å². The fourth-order valence-corrected chi connectivity index (χ4v) is 6.46. The second-order valence-electron chi connectivity index (χ2n) is 8.57. The summed E-state index contributed by atoms with van der Waals surface area (Å²) < 4.78 is 26.8. The maximum atomic E-state index is 13.8. The third kappa shape index (κ3) is 4.75. The van der Waals surface area contributed by atoms with Crippen LogP contribution in [-0.2, 0) is 14.8 Å². The summed E-state index contributed by atoms with van der Waals surface area (Å²) in [6, 6.07) is 9.42. The van der Waals surface area contributed by atoms with Crippen LogP contribution >= 0.6 is 23.2 Å². The monoisotopic (exact) mass is 510 g/mol. The van der Waals surface area contributed by atoms with Crippen LogP contribution in [0.4, 0.5) is 0 Å². The molecule has 4 atom stereocenters. The molecule has 1 amide bonds. The number of hydrogen-bond acceptors (Lipinski definition) is 4. The minimum absolute atomic E-state index is 0.249. The number of hydrogen-bond donors (Lipinski definition) is 2. The Kier molecular flexibility index (Phi) is 6.73. The van der Waals surface area contributed by atoms with E-state index < -0.39 is 40.0 Å². The van der Waals surface area contributed by atoms with Crippen molar-refractivity contribution >= 4 is 45.1 Å². The Morgan fingerprint density at radius 1 is 1.09 bits per heavy atom. The normalized spacial score (nSPS) is 25.5. The first-order valence-electron chi connectivity index (χ1n) is 10.6. The van der Waals surface area contributed by atoms with Gasteiger partial charge in [0, 0.05) is 27.7 Å². The smallest absolute Gasteiger partial charge is 0.313 e. The predicted molar refractivity (Wildman–Crippen MR) is 126 cm³/mol. The lowest BCUT2D eigenvalue weighted by atomic mass is 9.77. The number of carboxylic acid groups (broad SMARTS) is 1. The highest BCUT2D eigenvalue weighted by Crippen LogP contribution is 2.47. The molecule has 4 rings (SSSR count). The first kappa shape index (κ1) is 24.0. The summed E-state index contributed by atoms with van der Waals surface area (Å²) in [5.41, 5.74) is 1.17. The molecule has 0 bridgehead atoms. The summed E-state index contributed by atoms with van der Waals surface area (Å²) in [5, 5.41) is 10.9. The first-order chi connectivity index (χ1) is 15.6. The lowest BCUT2D eigenvalue weighted by Gasteiger charge is -2.48. The number of aliphatic carboxylic acids is 1. The second-order valence-corrected chi connectivity index (χ2v) is 11.2. The third-order valence-corrected chi connectivity index (χ3v) is 7.67. The Labute approximate surface area is 202 Å². The number of sulfonamides is 1. The molecule has 0 unspecified atom stereocenters. The Morgan fingerprint density at radius 2 is 1.79 bits per heavy atom. The van der Waals surface area contributed by atoms with Crippen molar-refractivity contribution in [3.8, 4) is 0 Å². The van der Waals surface area contributed by atoms with Crippen LogP contribution in [-0.4, -0.2) is 48.6 Å². The molecule has 7 nitrogen and oxygen atoms in total. The maximum Gasteiger partial charge on any atom is 0.313 e. The fraction of sp³-hybridized carbons (Fsp3) is 0.391. The number of carbonyl (C=O) groups is 2. The molecule has 0 spiro atoms. The zero-order valence-corrected chi connectivity index (χ0v) is 20.2.